The summed E-state index contributed by atoms with van der Waals surface area (Å²) in [6.45, 7) is 0. The molecule has 0 spiro atoms. The van der Waals surface area contributed by atoms with Crippen molar-refractivity contribution in [3.8, 4) is 6.07 Å². The highest BCUT2D eigenvalue weighted by Gasteiger charge is 2.05. The maximum absolute atomic E-state index is 8.90. The van der Waals surface area contributed by atoms with Crippen molar-refractivity contribution in [2.75, 3.05) is 0 Å². The van der Waals surface area contributed by atoms with Crippen LogP contribution in [-0.4, -0.2) is 4.98 Å². The summed E-state index contributed by atoms with van der Waals surface area (Å²) in [6.07, 6.45) is 2.90. The van der Waals surface area contributed by atoms with Gasteiger partial charge in [0.1, 0.15) is 0 Å². The molecular formula is C16H11BrN2. The van der Waals surface area contributed by atoms with Gasteiger partial charge in [-0.2, -0.15) is 5.26 Å². The van der Waals surface area contributed by atoms with Crippen molar-refractivity contribution in [3.63, 3.8) is 0 Å². The van der Waals surface area contributed by atoms with Crippen molar-refractivity contribution < 1.29 is 0 Å². The van der Waals surface area contributed by atoms with Gasteiger partial charge in [0.25, 0.3) is 0 Å². The molecule has 3 rings (SSSR count). The number of rotatable bonds is 2. The minimum Gasteiger partial charge on any atom is -0.361 e. The van der Waals surface area contributed by atoms with E-state index >= 15 is 0 Å². The number of aromatic amines is 1. The van der Waals surface area contributed by atoms with E-state index in [1.807, 2.05) is 36.5 Å². The van der Waals surface area contributed by atoms with Gasteiger partial charge in [-0.1, -0.05) is 34.1 Å². The first kappa shape index (κ1) is 12.0. The fourth-order valence-electron chi connectivity index (χ4n) is 2.27. The first-order valence-corrected chi connectivity index (χ1v) is 6.80. The number of halogens is 1. The van der Waals surface area contributed by atoms with Crippen molar-refractivity contribution in [2.45, 2.75) is 6.42 Å². The van der Waals surface area contributed by atoms with Gasteiger partial charge in [0.05, 0.1) is 11.6 Å². The zero-order valence-electron chi connectivity index (χ0n) is 10.2. The van der Waals surface area contributed by atoms with Crippen LogP contribution in [0.15, 0.2) is 53.1 Å². The number of hydrogen-bond acceptors (Lipinski definition) is 1. The Labute approximate surface area is 119 Å². The van der Waals surface area contributed by atoms with E-state index in [0.29, 0.717) is 5.56 Å². The third-order valence-electron chi connectivity index (χ3n) is 3.18. The van der Waals surface area contributed by atoms with Crippen LogP contribution in [0.1, 0.15) is 16.7 Å². The number of aromatic nitrogens is 1. The standard InChI is InChI=1S/C16H11BrN2/c17-14-3-1-2-11(7-14)6-13-10-19-16-8-12(9-18)4-5-15(13)16/h1-5,7-8,10,19H,6H2. The van der Waals surface area contributed by atoms with Gasteiger partial charge in [-0.15, -0.1) is 0 Å². The van der Waals surface area contributed by atoms with Crippen LogP contribution in [0.25, 0.3) is 10.9 Å². The van der Waals surface area contributed by atoms with E-state index in [0.717, 1.165) is 16.4 Å². The molecular weight excluding hydrogens is 300 g/mol. The van der Waals surface area contributed by atoms with E-state index in [-0.39, 0.29) is 0 Å². The second-order valence-corrected chi connectivity index (χ2v) is 5.41. The maximum Gasteiger partial charge on any atom is 0.0992 e. The van der Waals surface area contributed by atoms with Gasteiger partial charge < -0.3 is 4.98 Å². The second-order valence-electron chi connectivity index (χ2n) is 4.49. The first-order valence-electron chi connectivity index (χ1n) is 6.01. The summed E-state index contributed by atoms with van der Waals surface area (Å²) in [5, 5.41) is 10.1. The lowest BCUT2D eigenvalue weighted by Crippen LogP contribution is -1.86. The Morgan fingerprint density at radius 1 is 1.16 bits per heavy atom. The molecule has 1 aromatic heterocycles. The molecule has 1 N–H and O–H groups in total. The zero-order chi connectivity index (χ0) is 13.2. The van der Waals surface area contributed by atoms with Gasteiger partial charge in [-0.25, -0.2) is 0 Å². The average Bonchev–Trinajstić information content (AvgIpc) is 2.81. The zero-order valence-corrected chi connectivity index (χ0v) is 11.7. The Kier molecular flexibility index (Phi) is 3.10. The predicted octanol–water partition coefficient (Wildman–Crippen LogP) is 4.39. The van der Waals surface area contributed by atoms with Crippen LogP contribution in [0.5, 0.6) is 0 Å². The van der Waals surface area contributed by atoms with Gasteiger partial charge in [-0.3, -0.25) is 0 Å². The van der Waals surface area contributed by atoms with E-state index in [1.54, 1.807) is 0 Å². The summed E-state index contributed by atoms with van der Waals surface area (Å²) in [7, 11) is 0. The van der Waals surface area contributed by atoms with Crippen LogP contribution in [0.2, 0.25) is 0 Å². The van der Waals surface area contributed by atoms with Crippen molar-refractivity contribution in [1.29, 1.82) is 5.26 Å². The molecule has 3 heteroatoms. The molecule has 0 saturated carbocycles. The number of hydrogen-bond donors (Lipinski definition) is 1. The summed E-state index contributed by atoms with van der Waals surface area (Å²) in [5.74, 6) is 0. The largest absolute Gasteiger partial charge is 0.361 e. The van der Waals surface area contributed by atoms with Gasteiger partial charge in [0.2, 0.25) is 0 Å². The van der Waals surface area contributed by atoms with Crippen LogP contribution >= 0.6 is 15.9 Å². The molecule has 2 aromatic carbocycles. The Hall–Kier alpha value is -2.05. The lowest BCUT2D eigenvalue weighted by atomic mass is 10.0. The quantitative estimate of drug-likeness (QED) is 0.749. The molecule has 0 aliphatic carbocycles. The monoisotopic (exact) mass is 310 g/mol. The summed E-state index contributed by atoms with van der Waals surface area (Å²) >= 11 is 3.49. The SMILES string of the molecule is N#Cc1ccc2c(Cc3cccc(Br)c3)c[nH]c2c1. The van der Waals surface area contributed by atoms with E-state index < -0.39 is 0 Å². The number of nitrogens with one attached hydrogen (secondary N) is 1. The van der Waals surface area contributed by atoms with Crippen LogP contribution in [0.4, 0.5) is 0 Å². The van der Waals surface area contributed by atoms with E-state index in [4.69, 9.17) is 5.26 Å². The van der Waals surface area contributed by atoms with Gasteiger partial charge in [0.15, 0.2) is 0 Å². The molecule has 0 atom stereocenters. The molecule has 0 amide bonds. The van der Waals surface area contributed by atoms with E-state index in [1.165, 1.54) is 16.5 Å². The lowest BCUT2D eigenvalue weighted by molar-refractivity contribution is 1.20. The van der Waals surface area contributed by atoms with Crippen LogP contribution < -0.4 is 0 Å². The second kappa shape index (κ2) is 4.91. The predicted molar refractivity (Wildman–Crippen MR) is 80.0 cm³/mol. The van der Waals surface area contributed by atoms with Crippen LogP contribution in [0.3, 0.4) is 0 Å². The van der Waals surface area contributed by atoms with Gasteiger partial charge in [-0.05, 0) is 41.8 Å². The Morgan fingerprint density at radius 3 is 2.84 bits per heavy atom. The summed E-state index contributed by atoms with van der Waals surface area (Å²) in [6, 6.07) is 16.2. The molecule has 0 aliphatic heterocycles. The summed E-state index contributed by atoms with van der Waals surface area (Å²) in [4.78, 5) is 3.23. The number of H-pyrrole nitrogens is 1. The average molecular weight is 311 g/mol. The topological polar surface area (TPSA) is 39.6 Å². The number of nitriles is 1. The van der Waals surface area contributed by atoms with Crippen molar-refractivity contribution in [2.24, 2.45) is 0 Å². The fraction of sp³-hybridized carbons (Fsp3) is 0.0625. The van der Waals surface area contributed by atoms with Crippen LogP contribution in [0, 0.1) is 11.3 Å². The van der Waals surface area contributed by atoms with Crippen LogP contribution in [-0.2, 0) is 6.42 Å². The smallest absolute Gasteiger partial charge is 0.0992 e. The molecule has 92 valence electrons. The highest BCUT2D eigenvalue weighted by molar-refractivity contribution is 9.10. The highest BCUT2D eigenvalue weighted by atomic mass is 79.9. The van der Waals surface area contributed by atoms with Gasteiger partial charge in [0, 0.05) is 21.6 Å². The lowest BCUT2D eigenvalue weighted by Gasteiger charge is -2.01. The molecule has 0 saturated heterocycles. The Morgan fingerprint density at radius 2 is 2.05 bits per heavy atom. The highest BCUT2D eigenvalue weighted by Crippen LogP contribution is 2.23. The van der Waals surface area contributed by atoms with Crippen molar-refractivity contribution in [3.05, 3.63) is 69.8 Å². The van der Waals surface area contributed by atoms with Crippen molar-refractivity contribution >= 4 is 26.8 Å². The fourth-order valence-corrected chi connectivity index (χ4v) is 2.72. The molecule has 0 unspecified atom stereocenters. The number of benzene rings is 2. The first-order chi connectivity index (χ1) is 9.26. The van der Waals surface area contributed by atoms with E-state index in [2.05, 4.69) is 39.1 Å². The normalized spacial score (nSPS) is 10.5. The molecule has 0 fully saturated rings. The number of nitrogens with zero attached hydrogens (tertiary/aromatic N) is 1. The minimum atomic E-state index is 0.684. The molecule has 0 bridgehead atoms. The molecule has 0 radical (unpaired) electrons. The number of fused-ring (bicyclic) bond motifs is 1. The Bertz CT molecular complexity index is 781. The van der Waals surface area contributed by atoms with E-state index in [9.17, 15) is 0 Å². The third kappa shape index (κ3) is 2.40. The molecule has 0 aliphatic rings. The summed E-state index contributed by atoms with van der Waals surface area (Å²) < 4.78 is 1.09. The molecule has 3 aromatic rings. The molecule has 1 heterocycles. The Balaban J connectivity index is 2.00. The molecule has 19 heavy (non-hydrogen) atoms. The molecule has 2 nitrogen and oxygen atoms in total. The third-order valence-corrected chi connectivity index (χ3v) is 3.67. The van der Waals surface area contributed by atoms with Gasteiger partial charge >= 0.3 is 0 Å². The minimum absolute atomic E-state index is 0.684. The summed E-state index contributed by atoms with van der Waals surface area (Å²) in [5.41, 5.74) is 4.21. The maximum atomic E-state index is 8.90. The van der Waals surface area contributed by atoms with Crippen molar-refractivity contribution in [1.82, 2.24) is 4.98 Å².